The third-order valence-electron chi connectivity index (χ3n) is 3.43. The Hall–Kier alpha value is -2.70. The summed E-state index contributed by atoms with van der Waals surface area (Å²) in [6.45, 7) is 2.01. The molecule has 0 aliphatic heterocycles. The van der Waals surface area contributed by atoms with Crippen LogP contribution in [-0.2, 0) is 4.79 Å². The zero-order chi connectivity index (χ0) is 17.5. The molecule has 2 aromatic rings. The molecule has 0 radical (unpaired) electrons. The number of benzene rings is 1. The summed E-state index contributed by atoms with van der Waals surface area (Å²) in [5.74, 6) is -2.24. The van der Waals surface area contributed by atoms with Crippen LogP contribution in [0.4, 0.5) is 8.78 Å². The summed E-state index contributed by atoms with van der Waals surface area (Å²) in [4.78, 5) is 23.4. The minimum Gasteiger partial charge on any atom is -0.459 e. The highest BCUT2D eigenvalue weighted by atomic mass is 19.2. The lowest BCUT2D eigenvalue weighted by Gasteiger charge is -2.14. The molecule has 0 saturated carbocycles. The van der Waals surface area contributed by atoms with E-state index >= 15 is 0 Å². The number of halogens is 2. The number of carbonyl (C=O) groups is 2. The number of carbonyl (C=O) groups excluding carboxylic acids is 2. The summed E-state index contributed by atoms with van der Waals surface area (Å²) in [7, 11) is 0. The molecule has 1 unspecified atom stereocenters. The molecule has 5 nitrogen and oxygen atoms in total. The molecule has 7 heteroatoms. The molecule has 1 heterocycles. The predicted molar refractivity (Wildman–Crippen MR) is 83.2 cm³/mol. The van der Waals surface area contributed by atoms with Crippen LogP contribution in [-0.4, -0.2) is 18.4 Å². The number of nitrogens with one attached hydrogen (secondary N) is 2. The topological polar surface area (TPSA) is 71.3 Å². The van der Waals surface area contributed by atoms with E-state index in [0.717, 1.165) is 12.1 Å². The van der Waals surface area contributed by atoms with Gasteiger partial charge in [-0.15, -0.1) is 0 Å². The largest absolute Gasteiger partial charge is 0.459 e. The van der Waals surface area contributed by atoms with Gasteiger partial charge in [-0.1, -0.05) is 6.07 Å². The van der Waals surface area contributed by atoms with Gasteiger partial charge in [0.1, 0.15) is 0 Å². The first kappa shape index (κ1) is 17.7. The Morgan fingerprint density at radius 1 is 1.21 bits per heavy atom. The summed E-state index contributed by atoms with van der Waals surface area (Å²) >= 11 is 0. The molecule has 0 aliphatic rings. The maximum Gasteiger partial charge on any atom is 0.286 e. The Morgan fingerprint density at radius 3 is 2.67 bits per heavy atom. The Morgan fingerprint density at radius 2 is 2.00 bits per heavy atom. The van der Waals surface area contributed by atoms with E-state index in [9.17, 15) is 18.4 Å². The molecule has 2 amide bonds. The number of hydrogen-bond acceptors (Lipinski definition) is 3. The van der Waals surface area contributed by atoms with Crippen molar-refractivity contribution >= 4 is 11.8 Å². The first-order valence-electron chi connectivity index (χ1n) is 7.53. The standard InChI is InChI=1S/C17H18F2N2O3/c1-11(12-6-7-13(18)14(19)10-12)21-16(22)5-2-8-20-17(23)15-4-3-9-24-15/h3-4,6-7,9-11H,2,5,8H2,1H3,(H,20,23)(H,21,22). The van der Waals surface area contributed by atoms with E-state index in [1.807, 2.05) is 0 Å². The highest BCUT2D eigenvalue weighted by Gasteiger charge is 2.12. The average molecular weight is 336 g/mol. The van der Waals surface area contributed by atoms with Crippen LogP contribution < -0.4 is 10.6 Å². The summed E-state index contributed by atoms with van der Waals surface area (Å²) in [6.07, 6.45) is 2.05. The van der Waals surface area contributed by atoms with Gasteiger partial charge in [0, 0.05) is 13.0 Å². The van der Waals surface area contributed by atoms with Crippen LogP contribution >= 0.6 is 0 Å². The SMILES string of the molecule is CC(NC(=O)CCCNC(=O)c1ccco1)c1ccc(F)c(F)c1. The minimum absolute atomic E-state index is 0.201. The second-order valence-corrected chi connectivity index (χ2v) is 5.30. The molecule has 24 heavy (non-hydrogen) atoms. The highest BCUT2D eigenvalue weighted by molar-refractivity contribution is 5.91. The van der Waals surface area contributed by atoms with Crippen LogP contribution in [0.25, 0.3) is 0 Å². The first-order valence-corrected chi connectivity index (χ1v) is 7.53. The predicted octanol–water partition coefficient (Wildman–Crippen LogP) is 2.95. The third kappa shape index (κ3) is 4.91. The maximum atomic E-state index is 13.2. The molecule has 1 aromatic carbocycles. The van der Waals surface area contributed by atoms with Crippen molar-refractivity contribution in [3.05, 3.63) is 59.6 Å². The monoisotopic (exact) mass is 336 g/mol. The van der Waals surface area contributed by atoms with Gasteiger partial charge in [0.15, 0.2) is 17.4 Å². The smallest absolute Gasteiger partial charge is 0.286 e. The molecular weight excluding hydrogens is 318 g/mol. The van der Waals surface area contributed by atoms with E-state index in [2.05, 4.69) is 10.6 Å². The van der Waals surface area contributed by atoms with Gasteiger partial charge in [-0.3, -0.25) is 9.59 Å². The molecule has 1 atom stereocenters. The molecule has 0 bridgehead atoms. The zero-order valence-corrected chi connectivity index (χ0v) is 13.1. The van der Waals surface area contributed by atoms with Crippen LogP contribution in [0.15, 0.2) is 41.0 Å². The molecular formula is C17H18F2N2O3. The van der Waals surface area contributed by atoms with E-state index < -0.39 is 17.7 Å². The lowest BCUT2D eigenvalue weighted by Crippen LogP contribution is -2.29. The van der Waals surface area contributed by atoms with Crippen molar-refractivity contribution in [1.82, 2.24) is 10.6 Å². The van der Waals surface area contributed by atoms with Gasteiger partial charge in [-0.2, -0.15) is 0 Å². The van der Waals surface area contributed by atoms with Gasteiger partial charge in [-0.25, -0.2) is 8.78 Å². The molecule has 2 rings (SSSR count). The quantitative estimate of drug-likeness (QED) is 0.764. The van der Waals surface area contributed by atoms with Crippen molar-refractivity contribution in [3.8, 4) is 0 Å². The summed E-state index contributed by atoms with van der Waals surface area (Å²) in [6, 6.07) is 6.23. The normalized spacial score (nSPS) is 11.8. The number of hydrogen-bond donors (Lipinski definition) is 2. The number of amides is 2. The van der Waals surface area contributed by atoms with Crippen molar-refractivity contribution in [2.45, 2.75) is 25.8 Å². The molecule has 2 N–H and O–H groups in total. The Bertz CT molecular complexity index is 702. The van der Waals surface area contributed by atoms with Crippen LogP contribution in [0.5, 0.6) is 0 Å². The van der Waals surface area contributed by atoms with E-state index in [1.165, 1.54) is 12.3 Å². The zero-order valence-electron chi connectivity index (χ0n) is 13.1. The van der Waals surface area contributed by atoms with Crippen molar-refractivity contribution < 1.29 is 22.8 Å². The fourth-order valence-electron chi connectivity index (χ4n) is 2.12. The van der Waals surface area contributed by atoms with Gasteiger partial charge in [-0.05, 0) is 43.2 Å². The van der Waals surface area contributed by atoms with Gasteiger partial charge in [0.2, 0.25) is 5.91 Å². The Kier molecular flexibility index (Phi) is 6.06. The maximum absolute atomic E-state index is 13.2. The van der Waals surface area contributed by atoms with Gasteiger partial charge in [0.05, 0.1) is 12.3 Å². The molecule has 0 saturated heterocycles. The first-order chi connectivity index (χ1) is 11.5. The molecule has 0 fully saturated rings. The number of rotatable bonds is 7. The highest BCUT2D eigenvalue weighted by Crippen LogP contribution is 2.16. The summed E-state index contributed by atoms with van der Waals surface area (Å²) in [5, 5.41) is 5.33. The molecule has 128 valence electrons. The Balaban J connectivity index is 1.71. The van der Waals surface area contributed by atoms with E-state index in [-0.39, 0.29) is 24.0 Å². The Labute approximate surface area is 138 Å². The van der Waals surface area contributed by atoms with Crippen LogP contribution in [0.1, 0.15) is 41.9 Å². The van der Waals surface area contributed by atoms with Gasteiger partial charge < -0.3 is 15.1 Å². The van der Waals surface area contributed by atoms with Crippen molar-refractivity contribution in [1.29, 1.82) is 0 Å². The average Bonchev–Trinajstić information content (AvgIpc) is 3.08. The third-order valence-corrected chi connectivity index (χ3v) is 3.43. The van der Waals surface area contributed by atoms with Crippen molar-refractivity contribution in [2.75, 3.05) is 6.54 Å². The van der Waals surface area contributed by atoms with Crippen LogP contribution in [0.3, 0.4) is 0 Å². The van der Waals surface area contributed by atoms with Crippen LogP contribution in [0.2, 0.25) is 0 Å². The number of furan rings is 1. The second-order valence-electron chi connectivity index (χ2n) is 5.30. The van der Waals surface area contributed by atoms with Crippen molar-refractivity contribution in [3.63, 3.8) is 0 Å². The van der Waals surface area contributed by atoms with E-state index in [4.69, 9.17) is 4.42 Å². The summed E-state index contributed by atoms with van der Waals surface area (Å²) < 4.78 is 31.0. The fraction of sp³-hybridized carbons (Fsp3) is 0.294. The van der Waals surface area contributed by atoms with Crippen LogP contribution in [0, 0.1) is 11.6 Å². The fourth-order valence-corrected chi connectivity index (χ4v) is 2.12. The molecule has 0 aliphatic carbocycles. The minimum atomic E-state index is -0.950. The summed E-state index contributed by atoms with van der Waals surface area (Å²) in [5.41, 5.74) is 0.480. The second kappa shape index (κ2) is 8.24. The van der Waals surface area contributed by atoms with E-state index in [0.29, 0.717) is 18.5 Å². The molecule has 0 spiro atoms. The van der Waals surface area contributed by atoms with Gasteiger partial charge in [0.25, 0.3) is 5.91 Å². The van der Waals surface area contributed by atoms with Gasteiger partial charge >= 0.3 is 0 Å². The lowest BCUT2D eigenvalue weighted by atomic mass is 10.1. The molecule has 1 aromatic heterocycles. The van der Waals surface area contributed by atoms with E-state index in [1.54, 1.807) is 19.1 Å². The van der Waals surface area contributed by atoms with Crippen molar-refractivity contribution in [2.24, 2.45) is 0 Å². The lowest BCUT2D eigenvalue weighted by molar-refractivity contribution is -0.121.